The van der Waals surface area contributed by atoms with Crippen LogP contribution < -0.4 is 4.90 Å². The van der Waals surface area contributed by atoms with Crippen molar-refractivity contribution in [2.24, 2.45) is 0 Å². The SMILES string of the molecule is COC(=O)c1ccc(C2/C(=C(\O)c3cc(C)ccc3C)C(=O)C(=O)N2c2nnc(SCc3ccc(Cl)cc3Cl)s2)cc1. The number of halogens is 2. The number of aliphatic hydroxyl groups is 1. The Morgan fingerprint density at radius 1 is 1.05 bits per heavy atom. The van der Waals surface area contributed by atoms with Crippen LogP contribution in [-0.2, 0) is 20.1 Å². The number of ketones is 1. The number of benzene rings is 3. The molecule has 3 aromatic carbocycles. The molecule has 1 aliphatic heterocycles. The highest BCUT2D eigenvalue weighted by molar-refractivity contribution is 8.00. The second kappa shape index (κ2) is 12.3. The average Bonchev–Trinajstić information content (AvgIpc) is 3.55. The van der Waals surface area contributed by atoms with E-state index in [1.165, 1.54) is 35.9 Å². The van der Waals surface area contributed by atoms with E-state index in [0.29, 0.717) is 36.8 Å². The van der Waals surface area contributed by atoms with Crippen molar-refractivity contribution < 1.29 is 24.2 Å². The van der Waals surface area contributed by atoms with E-state index in [9.17, 15) is 19.5 Å². The normalized spacial score (nSPS) is 16.2. The molecular formula is C30H23Cl2N3O5S2. The van der Waals surface area contributed by atoms with Gasteiger partial charge in [-0.15, -0.1) is 10.2 Å². The minimum atomic E-state index is -1.02. The second-order valence-corrected chi connectivity index (χ2v) is 12.5. The van der Waals surface area contributed by atoms with Gasteiger partial charge in [0.05, 0.1) is 24.3 Å². The number of amides is 1. The zero-order valence-corrected chi connectivity index (χ0v) is 25.7. The number of aromatic nitrogens is 2. The maximum absolute atomic E-state index is 13.5. The van der Waals surface area contributed by atoms with Crippen LogP contribution in [0.3, 0.4) is 0 Å². The quantitative estimate of drug-likeness (QED) is 0.0566. The number of methoxy groups -OCH3 is 1. The molecule has 1 N–H and O–H groups in total. The van der Waals surface area contributed by atoms with E-state index >= 15 is 0 Å². The third kappa shape index (κ3) is 5.80. The van der Waals surface area contributed by atoms with Crippen molar-refractivity contribution >= 4 is 74.9 Å². The topological polar surface area (TPSA) is 110 Å². The van der Waals surface area contributed by atoms with Gasteiger partial charge in [0.2, 0.25) is 5.13 Å². The van der Waals surface area contributed by atoms with Gasteiger partial charge in [-0.1, -0.05) is 82.2 Å². The van der Waals surface area contributed by atoms with Crippen LogP contribution in [0.4, 0.5) is 5.13 Å². The van der Waals surface area contributed by atoms with Crippen molar-refractivity contribution in [3.63, 3.8) is 0 Å². The summed E-state index contributed by atoms with van der Waals surface area (Å²) in [7, 11) is 1.28. The summed E-state index contributed by atoms with van der Waals surface area (Å²) in [6.45, 7) is 3.68. The first-order chi connectivity index (χ1) is 20.1. The fraction of sp³-hybridized carbons (Fsp3) is 0.167. The predicted molar refractivity (Wildman–Crippen MR) is 164 cm³/mol. The van der Waals surface area contributed by atoms with E-state index in [-0.39, 0.29) is 16.5 Å². The lowest BCUT2D eigenvalue weighted by Gasteiger charge is -2.23. The summed E-state index contributed by atoms with van der Waals surface area (Å²) in [4.78, 5) is 40.3. The third-order valence-corrected chi connectivity index (χ3v) is 9.40. The molecular weight excluding hydrogens is 617 g/mol. The Kier molecular flexibility index (Phi) is 8.70. The van der Waals surface area contributed by atoms with Gasteiger partial charge in [0.15, 0.2) is 4.34 Å². The number of aliphatic hydroxyl groups excluding tert-OH is 1. The van der Waals surface area contributed by atoms with Crippen molar-refractivity contribution in [3.8, 4) is 0 Å². The van der Waals surface area contributed by atoms with E-state index in [4.69, 9.17) is 27.9 Å². The van der Waals surface area contributed by atoms with Crippen LogP contribution in [0.1, 0.15) is 44.2 Å². The minimum Gasteiger partial charge on any atom is -0.507 e. The summed E-state index contributed by atoms with van der Waals surface area (Å²) in [5, 5.41) is 21.2. The van der Waals surface area contributed by atoms with E-state index < -0.39 is 23.7 Å². The lowest BCUT2D eigenvalue weighted by atomic mass is 9.93. The molecule has 0 saturated carbocycles. The van der Waals surface area contributed by atoms with Gasteiger partial charge in [-0.3, -0.25) is 14.5 Å². The van der Waals surface area contributed by atoms with Crippen molar-refractivity contribution in [3.05, 3.63) is 110 Å². The zero-order chi connectivity index (χ0) is 30.1. The molecule has 1 aromatic heterocycles. The second-order valence-electron chi connectivity index (χ2n) is 9.48. The molecule has 42 heavy (non-hydrogen) atoms. The van der Waals surface area contributed by atoms with Crippen LogP contribution in [0.25, 0.3) is 5.76 Å². The smallest absolute Gasteiger partial charge is 0.337 e. The molecule has 5 rings (SSSR count). The highest BCUT2D eigenvalue weighted by atomic mass is 35.5. The number of rotatable bonds is 7. The summed E-state index contributed by atoms with van der Waals surface area (Å²) in [6, 6.07) is 16.0. The molecule has 214 valence electrons. The first-order valence-corrected chi connectivity index (χ1v) is 15.1. The molecule has 0 bridgehead atoms. The summed E-state index contributed by atoms with van der Waals surface area (Å²) in [6.07, 6.45) is 0. The summed E-state index contributed by atoms with van der Waals surface area (Å²) in [5.41, 5.74) is 3.60. The van der Waals surface area contributed by atoms with Crippen molar-refractivity contribution in [1.82, 2.24) is 10.2 Å². The molecule has 2 heterocycles. The molecule has 1 unspecified atom stereocenters. The lowest BCUT2D eigenvalue weighted by molar-refractivity contribution is -0.132. The molecule has 1 saturated heterocycles. The van der Waals surface area contributed by atoms with E-state index in [0.717, 1.165) is 28.0 Å². The van der Waals surface area contributed by atoms with Gasteiger partial charge in [-0.25, -0.2) is 4.79 Å². The van der Waals surface area contributed by atoms with Crippen LogP contribution >= 0.6 is 46.3 Å². The number of thioether (sulfide) groups is 1. The summed E-state index contributed by atoms with van der Waals surface area (Å²) < 4.78 is 5.35. The number of anilines is 1. The number of ether oxygens (including phenoxy) is 1. The number of carbonyl (C=O) groups is 3. The van der Waals surface area contributed by atoms with Crippen LogP contribution in [-0.4, -0.2) is 40.1 Å². The monoisotopic (exact) mass is 639 g/mol. The van der Waals surface area contributed by atoms with E-state index in [2.05, 4.69) is 10.2 Å². The molecule has 1 fully saturated rings. The van der Waals surface area contributed by atoms with Gasteiger partial charge in [0.1, 0.15) is 5.76 Å². The predicted octanol–water partition coefficient (Wildman–Crippen LogP) is 7.17. The van der Waals surface area contributed by atoms with Crippen molar-refractivity contribution in [1.29, 1.82) is 0 Å². The van der Waals surface area contributed by atoms with E-state index in [1.807, 2.05) is 32.0 Å². The zero-order valence-electron chi connectivity index (χ0n) is 22.6. The van der Waals surface area contributed by atoms with Gasteiger partial charge in [0, 0.05) is 21.4 Å². The molecule has 0 spiro atoms. The van der Waals surface area contributed by atoms with E-state index in [1.54, 1.807) is 30.3 Å². The number of Topliss-reactive ketones (excluding diaryl/α,β-unsaturated/α-hetero) is 1. The maximum atomic E-state index is 13.5. The van der Waals surface area contributed by atoms with Crippen LogP contribution in [0, 0.1) is 13.8 Å². The number of esters is 1. The van der Waals surface area contributed by atoms with Gasteiger partial charge < -0.3 is 9.84 Å². The maximum Gasteiger partial charge on any atom is 0.337 e. The van der Waals surface area contributed by atoms with Crippen LogP contribution in [0.5, 0.6) is 0 Å². The van der Waals surface area contributed by atoms with Gasteiger partial charge >= 0.3 is 11.9 Å². The summed E-state index contributed by atoms with van der Waals surface area (Å²) in [5.74, 6) is -2.05. The van der Waals surface area contributed by atoms with Gasteiger partial charge in [-0.05, 0) is 60.9 Å². The fourth-order valence-electron chi connectivity index (χ4n) is 4.54. The Morgan fingerprint density at radius 3 is 2.48 bits per heavy atom. The largest absolute Gasteiger partial charge is 0.507 e. The van der Waals surface area contributed by atoms with Gasteiger partial charge in [-0.2, -0.15) is 0 Å². The lowest BCUT2D eigenvalue weighted by Crippen LogP contribution is -2.29. The van der Waals surface area contributed by atoms with Gasteiger partial charge in [0.25, 0.3) is 5.78 Å². The number of carbonyl (C=O) groups excluding carboxylic acids is 3. The molecule has 12 heteroatoms. The molecule has 0 radical (unpaired) electrons. The molecule has 4 aromatic rings. The molecule has 0 aliphatic carbocycles. The Morgan fingerprint density at radius 2 is 1.79 bits per heavy atom. The highest BCUT2D eigenvalue weighted by Gasteiger charge is 2.48. The number of hydrogen-bond acceptors (Lipinski definition) is 9. The molecule has 1 amide bonds. The Bertz CT molecular complexity index is 1750. The number of hydrogen-bond donors (Lipinski definition) is 1. The van der Waals surface area contributed by atoms with Crippen LogP contribution in [0.2, 0.25) is 10.0 Å². The molecule has 8 nitrogen and oxygen atoms in total. The highest BCUT2D eigenvalue weighted by Crippen LogP contribution is 2.44. The first kappa shape index (κ1) is 29.8. The summed E-state index contributed by atoms with van der Waals surface area (Å²) >= 11 is 14.8. The van der Waals surface area contributed by atoms with Crippen molar-refractivity contribution in [2.75, 3.05) is 12.0 Å². The standard InChI is InChI=1S/C30H23Cl2N3O5S2/c1-15-4-5-16(2)21(12-15)25(36)23-24(17-6-8-18(9-7-17)28(39)40-3)35(27(38)26(23)37)29-33-34-30(42-29)41-14-19-10-11-20(31)13-22(19)32/h4-13,24,36H,14H2,1-3H3/b25-23+. The Labute approximate surface area is 259 Å². The minimum absolute atomic E-state index is 0.0862. The first-order valence-electron chi connectivity index (χ1n) is 12.6. The number of nitrogens with zero attached hydrogens (tertiary/aromatic N) is 3. The molecule has 1 atom stereocenters. The van der Waals surface area contributed by atoms with Crippen molar-refractivity contribution in [2.45, 2.75) is 30.0 Å². The third-order valence-electron chi connectivity index (χ3n) is 6.71. The van der Waals surface area contributed by atoms with Crippen LogP contribution in [0.15, 0.2) is 70.6 Å². The average molecular weight is 641 g/mol. The Hall–Kier alpha value is -3.70. The fourth-order valence-corrected chi connectivity index (χ4v) is 6.96. The Balaban J connectivity index is 1.57. The molecule has 1 aliphatic rings. The number of aryl methyl sites for hydroxylation is 2.